The van der Waals surface area contributed by atoms with Crippen LogP contribution < -0.4 is 0 Å². The van der Waals surface area contributed by atoms with E-state index >= 15 is 0 Å². The number of esters is 1. The molecule has 1 heterocycles. The quantitative estimate of drug-likeness (QED) is 0.797. The number of rotatable bonds is 3. The molecule has 1 amide bonds. The fraction of sp³-hybridized carbons (Fsp3) is 0.467. The number of ether oxygens (including phenoxy) is 1. The van der Waals surface area contributed by atoms with Gasteiger partial charge in [-0.2, -0.15) is 0 Å². The average molecular weight is 311 g/mol. The van der Waals surface area contributed by atoms with Gasteiger partial charge in [0.2, 0.25) is 0 Å². The lowest BCUT2D eigenvalue weighted by atomic mass is 10.1. The Labute approximate surface area is 129 Å². The molecule has 21 heavy (non-hydrogen) atoms. The van der Waals surface area contributed by atoms with Crippen molar-refractivity contribution >= 4 is 23.5 Å². The lowest BCUT2D eigenvalue weighted by molar-refractivity contribution is -0.146. The van der Waals surface area contributed by atoms with Crippen molar-refractivity contribution in [3.63, 3.8) is 0 Å². The number of benzene rings is 1. The Morgan fingerprint density at radius 2 is 1.90 bits per heavy atom. The van der Waals surface area contributed by atoms with Crippen molar-refractivity contribution in [3.05, 3.63) is 34.9 Å². The molecule has 114 valence electrons. The van der Waals surface area contributed by atoms with Crippen LogP contribution in [0.2, 0.25) is 5.02 Å². The van der Waals surface area contributed by atoms with Crippen LogP contribution in [0.1, 0.15) is 17.3 Å². The van der Waals surface area contributed by atoms with E-state index in [0.717, 1.165) is 0 Å². The highest BCUT2D eigenvalue weighted by molar-refractivity contribution is 6.30. The molecule has 5 nitrogen and oxygen atoms in total. The third kappa shape index (κ3) is 3.74. The van der Waals surface area contributed by atoms with Gasteiger partial charge >= 0.3 is 5.97 Å². The summed E-state index contributed by atoms with van der Waals surface area (Å²) < 4.78 is 4.75. The van der Waals surface area contributed by atoms with Crippen molar-refractivity contribution in [1.29, 1.82) is 0 Å². The lowest BCUT2D eigenvalue weighted by Gasteiger charge is -2.37. The minimum Gasteiger partial charge on any atom is -0.468 e. The van der Waals surface area contributed by atoms with Crippen LogP contribution >= 0.6 is 11.6 Å². The highest BCUT2D eigenvalue weighted by Gasteiger charge is 2.28. The number of piperazine rings is 1. The average Bonchev–Trinajstić information content (AvgIpc) is 2.53. The molecule has 1 aliphatic rings. The number of amides is 1. The predicted molar refractivity (Wildman–Crippen MR) is 80.4 cm³/mol. The molecule has 0 aromatic heterocycles. The topological polar surface area (TPSA) is 49.9 Å². The number of carbonyl (C=O) groups excluding carboxylic acids is 2. The molecule has 0 bridgehead atoms. The molecular formula is C15H19ClN2O3. The molecule has 0 N–H and O–H groups in total. The Morgan fingerprint density at radius 3 is 2.48 bits per heavy atom. The molecule has 0 aliphatic carbocycles. The van der Waals surface area contributed by atoms with E-state index in [4.69, 9.17) is 16.3 Å². The highest BCUT2D eigenvalue weighted by atomic mass is 35.5. The van der Waals surface area contributed by atoms with Crippen molar-refractivity contribution < 1.29 is 14.3 Å². The smallest absolute Gasteiger partial charge is 0.322 e. The first-order valence-corrected chi connectivity index (χ1v) is 7.27. The Bertz CT molecular complexity index is 527. The van der Waals surface area contributed by atoms with Crippen LogP contribution in [0.15, 0.2) is 24.3 Å². The van der Waals surface area contributed by atoms with Crippen LogP contribution in [-0.2, 0) is 9.53 Å². The third-order valence-electron chi connectivity index (χ3n) is 3.76. The zero-order valence-corrected chi connectivity index (χ0v) is 13.0. The van der Waals surface area contributed by atoms with E-state index in [1.165, 1.54) is 7.11 Å². The van der Waals surface area contributed by atoms with E-state index in [1.54, 1.807) is 29.2 Å². The molecule has 0 spiro atoms. The molecule has 1 atom stereocenters. The van der Waals surface area contributed by atoms with Crippen LogP contribution in [0, 0.1) is 0 Å². The standard InChI is InChI=1S/C15H19ClN2O3/c1-11(15(20)21-2)17-6-8-18(9-7-17)14(19)12-4-3-5-13(16)10-12/h3-5,10-11H,6-9H2,1-2H3. The molecule has 1 aliphatic heterocycles. The summed E-state index contributed by atoms with van der Waals surface area (Å²) in [5, 5.41) is 0.554. The number of nitrogens with zero attached hydrogens (tertiary/aromatic N) is 2. The van der Waals surface area contributed by atoms with E-state index in [9.17, 15) is 9.59 Å². The van der Waals surface area contributed by atoms with Crippen molar-refractivity contribution in [1.82, 2.24) is 9.80 Å². The van der Waals surface area contributed by atoms with Gasteiger partial charge < -0.3 is 9.64 Å². The maximum absolute atomic E-state index is 12.4. The SMILES string of the molecule is COC(=O)C(C)N1CCN(C(=O)c2cccc(Cl)c2)CC1. The summed E-state index contributed by atoms with van der Waals surface area (Å²) in [7, 11) is 1.39. The zero-order valence-electron chi connectivity index (χ0n) is 12.2. The maximum atomic E-state index is 12.4. The number of carbonyl (C=O) groups is 2. The van der Waals surface area contributed by atoms with Gasteiger partial charge in [0.25, 0.3) is 5.91 Å². The molecular weight excluding hydrogens is 292 g/mol. The molecule has 0 radical (unpaired) electrons. The van der Waals surface area contributed by atoms with Gasteiger partial charge in [-0.15, -0.1) is 0 Å². The van der Waals surface area contributed by atoms with E-state index in [2.05, 4.69) is 0 Å². The van der Waals surface area contributed by atoms with Gasteiger partial charge in [0.05, 0.1) is 7.11 Å². The second-order valence-electron chi connectivity index (χ2n) is 5.04. The molecule has 1 fully saturated rings. The molecule has 0 saturated carbocycles. The van der Waals surface area contributed by atoms with E-state index in [-0.39, 0.29) is 17.9 Å². The summed E-state index contributed by atoms with van der Waals surface area (Å²) in [5.74, 6) is -0.271. The summed E-state index contributed by atoms with van der Waals surface area (Å²) in [6.45, 7) is 4.31. The molecule has 1 unspecified atom stereocenters. The van der Waals surface area contributed by atoms with Gasteiger partial charge in [0.15, 0.2) is 0 Å². The number of halogens is 1. The van der Waals surface area contributed by atoms with E-state index < -0.39 is 0 Å². The number of hydrogen-bond donors (Lipinski definition) is 0. The summed E-state index contributed by atoms with van der Waals surface area (Å²) in [4.78, 5) is 27.7. The van der Waals surface area contributed by atoms with Gasteiger partial charge in [-0.05, 0) is 25.1 Å². The van der Waals surface area contributed by atoms with Crippen molar-refractivity contribution in [3.8, 4) is 0 Å². The normalized spacial score (nSPS) is 17.4. The first kappa shape index (κ1) is 15.8. The van der Waals surface area contributed by atoms with Crippen LogP contribution in [-0.4, -0.2) is 61.0 Å². The first-order chi connectivity index (χ1) is 10.0. The summed E-state index contributed by atoms with van der Waals surface area (Å²) >= 11 is 5.91. The summed E-state index contributed by atoms with van der Waals surface area (Å²) in [6.07, 6.45) is 0. The summed E-state index contributed by atoms with van der Waals surface area (Å²) in [6, 6.07) is 6.67. The fourth-order valence-corrected chi connectivity index (χ4v) is 2.63. The van der Waals surface area contributed by atoms with Gasteiger partial charge in [-0.25, -0.2) is 0 Å². The third-order valence-corrected chi connectivity index (χ3v) is 4.00. The molecule has 1 saturated heterocycles. The second kappa shape index (κ2) is 6.91. The van der Waals surface area contributed by atoms with Crippen molar-refractivity contribution in [2.75, 3.05) is 33.3 Å². The highest BCUT2D eigenvalue weighted by Crippen LogP contribution is 2.15. The lowest BCUT2D eigenvalue weighted by Crippen LogP contribution is -2.53. The Balaban J connectivity index is 1.95. The molecule has 1 aromatic rings. The van der Waals surface area contributed by atoms with Crippen molar-refractivity contribution in [2.45, 2.75) is 13.0 Å². The minimum atomic E-state index is -0.279. The Hall–Kier alpha value is -1.59. The Morgan fingerprint density at radius 1 is 1.24 bits per heavy atom. The first-order valence-electron chi connectivity index (χ1n) is 6.89. The fourth-order valence-electron chi connectivity index (χ4n) is 2.44. The van der Waals surface area contributed by atoms with Gasteiger partial charge in [-0.1, -0.05) is 17.7 Å². The van der Waals surface area contributed by atoms with Crippen LogP contribution in [0.25, 0.3) is 0 Å². The van der Waals surface area contributed by atoms with Crippen LogP contribution in [0.3, 0.4) is 0 Å². The zero-order chi connectivity index (χ0) is 15.4. The number of methoxy groups -OCH3 is 1. The Kier molecular flexibility index (Phi) is 5.20. The maximum Gasteiger partial charge on any atom is 0.322 e. The van der Waals surface area contributed by atoms with Crippen LogP contribution in [0.5, 0.6) is 0 Å². The predicted octanol–water partition coefficient (Wildman–Crippen LogP) is 1.66. The van der Waals surface area contributed by atoms with Crippen molar-refractivity contribution in [2.24, 2.45) is 0 Å². The van der Waals surface area contributed by atoms with Gasteiger partial charge in [-0.3, -0.25) is 14.5 Å². The molecule has 1 aromatic carbocycles. The molecule has 2 rings (SSSR count). The summed E-state index contributed by atoms with van der Waals surface area (Å²) in [5.41, 5.74) is 0.594. The van der Waals surface area contributed by atoms with E-state index in [1.807, 2.05) is 11.8 Å². The van der Waals surface area contributed by atoms with Gasteiger partial charge in [0, 0.05) is 36.8 Å². The largest absolute Gasteiger partial charge is 0.468 e. The monoisotopic (exact) mass is 310 g/mol. The molecule has 6 heteroatoms. The van der Waals surface area contributed by atoms with Gasteiger partial charge in [0.1, 0.15) is 6.04 Å². The number of hydrogen-bond acceptors (Lipinski definition) is 4. The van der Waals surface area contributed by atoms with E-state index in [0.29, 0.717) is 36.8 Å². The second-order valence-corrected chi connectivity index (χ2v) is 5.47. The van der Waals surface area contributed by atoms with Crippen LogP contribution in [0.4, 0.5) is 0 Å². The minimum absolute atomic E-state index is 0.0251.